The Morgan fingerprint density at radius 1 is 1.21 bits per heavy atom. The summed E-state index contributed by atoms with van der Waals surface area (Å²) in [6.45, 7) is 1.12. The number of aryl methyl sites for hydroxylation is 1. The minimum absolute atomic E-state index is 0.141. The van der Waals surface area contributed by atoms with E-state index in [-0.39, 0.29) is 17.5 Å². The maximum absolute atomic E-state index is 13.6. The molecule has 10 heteroatoms. The van der Waals surface area contributed by atoms with Crippen molar-refractivity contribution in [3.8, 4) is 0 Å². The van der Waals surface area contributed by atoms with Crippen LogP contribution in [-0.4, -0.2) is 35.3 Å². The van der Waals surface area contributed by atoms with Crippen LogP contribution in [-0.2, 0) is 18.6 Å². The molecule has 34 heavy (non-hydrogen) atoms. The van der Waals surface area contributed by atoms with Gasteiger partial charge in [-0.05, 0) is 48.7 Å². The second-order valence-corrected chi connectivity index (χ2v) is 9.24. The van der Waals surface area contributed by atoms with Crippen LogP contribution in [0.15, 0.2) is 54.7 Å². The fraction of sp³-hybridized carbons (Fsp3) is 0.333. The number of nitrogens with one attached hydrogen (secondary N) is 2. The van der Waals surface area contributed by atoms with Crippen LogP contribution in [0.5, 0.6) is 0 Å². The van der Waals surface area contributed by atoms with Gasteiger partial charge in [0.05, 0.1) is 32.9 Å². The van der Waals surface area contributed by atoms with Gasteiger partial charge in [-0.15, -0.1) is 0 Å². The number of halogens is 5. The van der Waals surface area contributed by atoms with Crippen LogP contribution in [0.25, 0.3) is 0 Å². The number of carbonyl (C=O) groups excluding carboxylic acids is 1. The average Bonchev–Trinajstić information content (AvgIpc) is 3.16. The normalized spacial score (nSPS) is 20.8. The standard InChI is InChI=1S/C24H23Cl2F3N4O/c1-33-21(20(26)12-32-33)23(14-31-22(34)15-5-3-2-4-6-15)13-30-10-9-17(23)16-7-8-19(25)18(11-16)24(27,28)29/h2-8,11-12,17,30H,9-10,13-14H2,1H3,(H,31,34)/t17-,23-/m0/s1. The maximum atomic E-state index is 13.6. The molecule has 3 aromatic rings. The van der Waals surface area contributed by atoms with E-state index >= 15 is 0 Å². The smallest absolute Gasteiger partial charge is 0.351 e. The van der Waals surface area contributed by atoms with Crippen LogP contribution < -0.4 is 10.6 Å². The molecular weight excluding hydrogens is 488 g/mol. The van der Waals surface area contributed by atoms with E-state index in [1.54, 1.807) is 42.1 Å². The first-order valence-corrected chi connectivity index (χ1v) is 11.5. The number of piperidine rings is 1. The van der Waals surface area contributed by atoms with Gasteiger partial charge < -0.3 is 10.6 Å². The molecule has 2 aromatic carbocycles. The average molecular weight is 511 g/mol. The van der Waals surface area contributed by atoms with E-state index in [0.29, 0.717) is 41.4 Å². The van der Waals surface area contributed by atoms with Gasteiger partial charge in [0.2, 0.25) is 0 Å². The molecule has 1 saturated heterocycles. The van der Waals surface area contributed by atoms with Gasteiger partial charge in [0.1, 0.15) is 0 Å². The molecule has 2 heterocycles. The molecule has 0 aliphatic carbocycles. The third-order valence-corrected chi connectivity index (χ3v) is 6.99. The molecule has 1 aliphatic rings. The molecule has 5 nitrogen and oxygen atoms in total. The highest BCUT2D eigenvalue weighted by molar-refractivity contribution is 6.31. The van der Waals surface area contributed by atoms with E-state index < -0.39 is 23.1 Å². The monoisotopic (exact) mass is 510 g/mol. The van der Waals surface area contributed by atoms with Crippen molar-refractivity contribution in [1.29, 1.82) is 0 Å². The molecular formula is C24H23Cl2F3N4O. The van der Waals surface area contributed by atoms with Crippen molar-refractivity contribution in [2.75, 3.05) is 19.6 Å². The molecule has 180 valence electrons. The summed E-state index contributed by atoms with van der Waals surface area (Å²) in [5.41, 5.74) is -0.141. The molecule has 1 fully saturated rings. The van der Waals surface area contributed by atoms with E-state index in [0.717, 1.165) is 6.07 Å². The topological polar surface area (TPSA) is 59.0 Å². The third kappa shape index (κ3) is 4.67. The molecule has 4 rings (SSSR count). The zero-order valence-corrected chi connectivity index (χ0v) is 19.8. The number of benzene rings is 2. The molecule has 2 N–H and O–H groups in total. The van der Waals surface area contributed by atoms with Crippen molar-refractivity contribution >= 4 is 29.1 Å². The van der Waals surface area contributed by atoms with Crippen molar-refractivity contribution in [2.45, 2.75) is 23.9 Å². The van der Waals surface area contributed by atoms with Crippen LogP contribution in [0.2, 0.25) is 10.0 Å². The Morgan fingerprint density at radius 2 is 1.94 bits per heavy atom. The number of amides is 1. The quantitative estimate of drug-likeness (QED) is 0.496. The number of aromatic nitrogens is 2. The summed E-state index contributed by atoms with van der Waals surface area (Å²) in [7, 11) is 1.73. The lowest BCUT2D eigenvalue weighted by Crippen LogP contribution is -2.55. The Kier molecular flexibility index (Phi) is 6.94. The molecule has 1 aliphatic heterocycles. The summed E-state index contributed by atoms with van der Waals surface area (Å²) in [4.78, 5) is 12.9. The van der Waals surface area contributed by atoms with Crippen LogP contribution in [0.3, 0.4) is 0 Å². The second kappa shape index (κ2) is 9.60. The summed E-state index contributed by atoms with van der Waals surface area (Å²) >= 11 is 12.4. The number of nitrogens with zero attached hydrogens (tertiary/aromatic N) is 2. The predicted molar refractivity (Wildman–Crippen MR) is 125 cm³/mol. The first-order chi connectivity index (χ1) is 16.1. The van der Waals surface area contributed by atoms with E-state index in [9.17, 15) is 18.0 Å². The Morgan fingerprint density at radius 3 is 2.59 bits per heavy atom. The Balaban J connectivity index is 1.80. The molecule has 0 spiro atoms. The van der Waals surface area contributed by atoms with Crippen LogP contribution >= 0.6 is 23.2 Å². The van der Waals surface area contributed by atoms with E-state index in [1.165, 1.54) is 12.3 Å². The second-order valence-electron chi connectivity index (χ2n) is 8.42. The van der Waals surface area contributed by atoms with Crippen LogP contribution in [0.4, 0.5) is 13.2 Å². The zero-order chi connectivity index (χ0) is 24.5. The van der Waals surface area contributed by atoms with Gasteiger partial charge in [-0.1, -0.05) is 47.5 Å². The first kappa shape index (κ1) is 24.6. The molecule has 0 bridgehead atoms. The van der Waals surface area contributed by atoms with Crippen molar-refractivity contribution in [3.63, 3.8) is 0 Å². The summed E-state index contributed by atoms with van der Waals surface area (Å²) in [6, 6.07) is 12.7. The summed E-state index contributed by atoms with van der Waals surface area (Å²) < 4.78 is 42.6. The zero-order valence-electron chi connectivity index (χ0n) is 18.3. The summed E-state index contributed by atoms with van der Waals surface area (Å²) in [6.07, 6.45) is -2.55. The van der Waals surface area contributed by atoms with Gasteiger partial charge in [0.25, 0.3) is 5.91 Å². The lowest BCUT2D eigenvalue weighted by Gasteiger charge is -2.45. The molecule has 0 saturated carbocycles. The first-order valence-electron chi connectivity index (χ1n) is 10.7. The number of alkyl halides is 3. The van der Waals surface area contributed by atoms with Gasteiger partial charge in [-0.2, -0.15) is 18.3 Å². The minimum atomic E-state index is -4.59. The van der Waals surface area contributed by atoms with Gasteiger partial charge >= 0.3 is 6.18 Å². The third-order valence-electron chi connectivity index (χ3n) is 6.38. The van der Waals surface area contributed by atoms with Crippen LogP contribution in [0.1, 0.15) is 39.5 Å². The fourth-order valence-electron chi connectivity index (χ4n) is 4.84. The number of hydrogen-bond donors (Lipinski definition) is 2. The number of hydrogen-bond acceptors (Lipinski definition) is 3. The highest BCUT2D eigenvalue weighted by atomic mass is 35.5. The minimum Gasteiger partial charge on any atom is -0.351 e. The van der Waals surface area contributed by atoms with Crippen LogP contribution in [0, 0.1) is 0 Å². The molecule has 0 unspecified atom stereocenters. The maximum Gasteiger partial charge on any atom is 0.417 e. The van der Waals surface area contributed by atoms with Gasteiger partial charge in [-0.3, -0.25) is 9.48 Å². The molecule has 1 amide bonds. The van der Waals surface area contributed by atoms with Crippen molar-refractivity contribution in [1.82, 2.24) is 20.4 Å². The Labute approximate surface area is 205 Å². The number of carbonyl (C=O) groups is 1. The van der Waals surface area contributed by atoms with E-state index in [1.807, 2.05) is 6.07 Å². The predicted octanol–water partition coefficient (Wildman–Crippen LogP) is 5.19. The van der Waals surface area contributed by atoms with Gasteiger partial charge in [-0.25, -0.2) is 0 Å². The number of rotatable bonds is 5. The summed E-state index contributed by atoms with van der Waals surface area (Å²) in [5.74, 6) is -0.675. The fourth-order valence-corrected chi connectivity index (χ4v) is 5.42. The summed E-state index contributed by atoms with van der Waals surface area (Å²) in [5, 5.41) is 10.6. The van der Waals surface area contributed by atoms with Gasteiger partial charge in [0, 0.05) is 25.7 Å². The lowest BCUT2D eigenvalue weighted by atomic mass is 9.66. The van der Waals surface area contributed by atoms with E-state index in [2.05, 4.69) is 15.7 Å². The largest absolute Gasteiger partial charge is 0.417 e. The van der Waals surface area contributed by atoms with Crippen molar-refractivity contribution in [2.24, 2.45) is 7.05 Å². The lowest BCUT2D eigenvalue weighted by molar-refractivity contribution is -0.137. The highest BCUT2D eigenvalue weighted by Gasteiger charge is 2.47. The molecule has 0 radical (unpaired) electrons. The van der Waals surface area contributed by atoms with Crippen molar-refractivity contribution in [3.05, 3.63) is 87.2 Å². The van der Waals surface area contributed by atoms with Crippen molar-refractivity contribution < 1.29 is 18.0 Å². The van der Waals surface area contributed by atoms with Gasteiger partial charge in [0.15, 0.2) is 0 Å². The molecule has 1 aromatic heterocycles. The van der Waals surface area contributed by atoms with E-state index in [4.69, 9.17) is 23.2 Å². The highest BCUT2D eigenvalue weighted by Crippen LogP contribution is 2.46. The Hall–Kier alpha value is -2.55. The Bertz CT molecular complexity index is 1160. The SMILES string of the molecule is Cn1ncc(Cl)c1[C@]1(CNC(=O)c2ccccc2)CNCC[C@H]1c1ccc(Cl)c(C(F)(F)F)c1. The molecule has 2 atom stereocenters.